The van der Waals surface area contributed by atoms with Crippen LogP contribution in [-0.4, -0.2) is 24.8 Å². The van der Waals surface area contributed by atoms with E-state index in [1.165, 1.54) is 28.8 Å². The summed E-state index contributed by atoms with van der Waals surface area (Å²) >= 11 is 1.67. The molecule has 0 bridgehead atoms. The molecule has 1 unspecified atom stereocenters. The number of H-pyrrole nitrogens is 1. The Balaban J connectivity index is 1.32. The summed E-state index contributed by atoms with van der Waals surface area (Å²) in [6, 6.07) is 21.6. The molecule has 164 valence electrons. The second kappa shape index (κ2) is 8.89. The summed E-state index contributed by atoms with van der Waals surface area (Å²) < 4.78 is 0. The summed E-state index contributed by atoms with van der Waals surface area (Å²) in [6.07, 6.45) is 7.20. The average Bonchev–Trinajstić information content (AvgIpc) is 3.54. The predicted octanol–water partition coefficient (Wildman–Crippen LogP) is 6.16. The van der Waals surface area contributed by atoms with E-state index in [0.29, 0.717) is 0 Å². The lowest BCUT2D eigenvalue weighted by Crippen LogP contribution is -2.31. The van der Waals surface area contributed by atoms with Crippen LogP contribution in [0, 0.1) is 0 Å². The first-order valence-electron chi connectivity index (χ1n) is 11.4. The van der Waals surface area contributed by atoms with Crippen LogP contribution in [0.1, 0.15) is 41.5 Å². The zero-order valence-corrected chi connectivity index (χ0v) is 19.1. The molecule has 0 saturated heterocycles. The minimum Gasteiger partial charge on any atom is -0.341 e. The quantitative estimate of drug-likeness (QED) is 0.336. The van der Waals surface area contributed by atoms with Gasteiger partial charge in [-0.2, -0.15) is 0 Å². The van der Waals surface area contributed by atoms with Gasteiger partial charge < -0.3 is 4.98 Å². The van der Waals surface area contributed by atoms with E-state index in [0.717, 1.165) is 47.8 Å². The third kappa shape index (κ3) is 4.19. The van der Waals surface area contributed by atoms with Crippen LogP contribution >= 0.6 is 11.3 Å². The van der Waals surface area contributed by atoms with E-state index in [2.05, 4.69) is 63.4 Å². The highest BCUT2D eigenvalue weighted by Gasteiger charge is 2.28. The van der Waals surface area contributed by atoms with Crippen molar-refractivity contribution in [1.82, 2.24) is 24.8 Å². The van der Waals surface area contributed by atoms with Crippen LogP contribution in [0.2, 0.25) is 0 Å². The van der Waals surface area contributed by atoms with Crippen LogP contribution in [-0.2, 0) is 19.5 Å². The number of hydrogen-bond acceptors (Lipinski definition) is 5. The lowest BCUT2D eigenvalue weighted by Gasteiger charge is -2.34. The molecule has 3 heterocycles. The van der Waals surface area contributed by atoms with Crippen LogP contribution in [0.15, 0.2) is 78.4 Å². The fourth-order valence-corrected chi connectivity index (χ4v) is 5.49. The topological polar surface area (TPSA) is 57.7 Å². The molecule has 33 heavy (non-hydrogen) atoms. The molecular weight excluding hydrogens is 426 g/mol. The number of imidazole rings is 1. The number of thiazole rings is 1. The van der Waals surface area contributed by atoms with E-state index < -0.39 is 0 Å². The Labute approximate surface area is 197 Å². The predicted molar refractivity (Wildman–Crippen MR) is 133 cm³/mol. The molecule has 0 amide bonds. The zero-order valence-electron chi connectivity index (χ0n) is 18.3. The summed E-state index contributed by atoms with van der Waals surface area (Å²) in [5, 5.41) is 3.08. The molecular formula is C27H25N5S. The van der Waals surface area contributed by atoms with Gasteiger partial charge in [-0.25, -0.2) is 9.97 Å². The number of aromatic nitrogens is 4. The number of fused-ring (bicyclic) bond motifs is 2. The van der Waals surface area contributed by atoms with E-state index in [9.17, 15) is 0 Å². The molecule has 6 heteroatoms. The van der Waals surface area contributed by atoms with Crippen LogP contribution in [0.5, 0.6) is 0 Å². The Morgan fingerprint density at radius 3 is 2.70 bits per heavy atom. The first-order chi connectivity index (χ1) is 16.3. The molecule has 0 aliphatic heterocycles. The smallest absolute Gasteiger partial charge is 0.123 e. The molecule has 2 aromatic carbocycles. The summed E-state index contributed by atoms with van der Waals surface area (Å²) in [7, 11) is 0. The van der Waals surface area contributed by atoms with Crippen molar-refractivity contribution in [3.63, 3.8) is 0 Å². The van der Waals surface area contributed by atoms with Gasteiger partial charge in [0.25, 0.3) is 0 Å². The van der Waals surface area contributed by atoms with E-state index in [-0.39, 0.29) is 6.04 Å². The molecule has 1 atom stereocenters. The van der Waals surface area contributed by atoms with Crippen molar-refractivity contribution >= 4 is 22.4 Å². The maximum absolute atomic E-state index is 4.87. The van der Waals surface area contributed by atoms with E-state index in [1.807, 2.05) is 29.9 Å². The van der Waals surface area contributed by atoms with Gasteiger partial charge in [0.1, 0.15) is 10.8 Å². The van der Waals surface area contributed by atoms with Gasteiger partial charge in [-0.15, -0.1) is 11.3 Å². The summed E-state index contributed by atoms with van der Waals surface area (Å²) in [4.78, 5) is 20.2. The van der Waals surface area contributed by atoms with Gasteiger partial charge in [0.2, 0.25) is 0 Å². The van der Waals surface area contributed by atoms with Crippen molar-refractivity contribution in [2.75, 3.05) is 0 Å². The second-order valence-electron chi connectivity index (χ2n) is 8.60. The van der Waals surface area contributed by atoms with Gasteiger partial charge in [0.15, 0.2) is 0 Å². The van der Waals surface area contributed by atoms with Gasteiger partial charge in [-0.05, 0) is 48.6 Å². The number of para-hydroxylation sites is 2. The number of hydrogen-bond donors (Lipinski definition) is 1. The summed E-state index contributed by atoms with van der Waals surface area (Å²) in [5.41, 5.74) is 7.16. The average molecular weight is 452 g/mol. The summed E-state index contributed by atoms with van der Waals surface area (Å²) in [6.45, 7) is 1.60. The largest absolute Gasteiger partial charge is 0.341 e. The number of benzene rings is 2. The normalized spacial score (nSPS) is 15.7. The first kappa shape index (κ1) is 20.3. The number of nitrogens with one attached hydrogen (secondary N) is 1. The monoisotopic (exact) mass is 451 g/mol. The van der Waals surface area contributed by atoms with Gasteiger partial charge in [0.05, 0.1) is 29.3 Å². The van der Waals surface area contributed by atoms with Gasteiger partial charge >= 0.3 is 0 Å². The molecule has 1 aliphatic rings. The Morgan fingerprint density at radius 1 is 0.939 bits per heavy atom. The molecule has 3 aromatic heterocycles. The minimum atomic E-state index is 0.279. The number of pyridine rings is 1. The number of aryl methyl sites for hydroxylation is 1. The van der Waals surface area contributed by atoms with Crippen molar-refractivity contribution in [2.45, 2.75) is 38.4 Å². The Hall–Kier alpha value is -3.35. The molecule has 0 saturated carbocycles. The van der Waals surface area contributed by atoms with Crippen molar-refractivity contribution in [2.24, 2.45) is 0 Å². The molecule has 0 radical (unpaired) electrons. The maximum Gasteiger partial charge on any atom is 0.123 e. The molecule has 0 spiro atoms. The molecule has 1 N–H and O–H groups in total. The lowest BCUT2D eigenvalue weighted by atomic mass is 9.90. The maximum atomic E-state index is 4.87. The Kier molecular flexibility index (Phi) is 5.46. The first-order valence-corrected chi connectivity index (χ1v) is 12.3. The highest BCUT2D eigenvalue weighted by atomic mass is 32.1. The fraction of sp³-hybridized carbons (Fsp3) is 0.222. The fourth-order valence-electron chi connectivity index (χ4n) is 4.84. The highest BCUT2D eigenvalue weighted by Crippen LogP contribution is 2.35. The van der Waals surface area contributed by atoms with E-state index in [4.69, 9.17) is 9.97 Å². The lowest BCUT2D eigenvalue weighted by molar-refractivity contribution is 0.153. The molecule has 0 fully saturated rings. The minimum absolute atomic E-state index is 0.279. The third-order valence-electron chi connectivity index (χ3n) is 6.42. The van der Waals surface area contributed by atoms with Crippen LogP contribution < -0.4 is 0 Å². The Bertz CT molecular complexity index is 1320. The van der Waals surface area contributed by atoms with Crippen molar-refractivity contribution < 1.29 is 0 Å². The molecule has 5 aromatic rings. The van der Waals surface area contributed by atoms with Gasteiger partial charge in [-0.1, -0.05) is 42.5 Å². The van der Waals surface area contributed by atoms with Gasteiger partial charge in [-0.3, -0.25) is 9.88 Å². The number of rotatable bonds is 6. The van der Waals surface area contributed by atoms with Crippen LogP contribution in [0.25, 0.3) is 21.6 Å². The molecule has 6 rings (SSSR count). The standard InChI is InChI=1S/C27H25N5S/c1-2-8-23-22(7-1)30-25(31-23)18-32(24-9-3-5-20-6-4-14-28-26(20)24)17-19-10-12-21(13-11-19)27-29-15-16-33-27/h1-2,4,6-8,10-16,24H,3,5,9,17-18H2,(H,30,31). The van der Waals surface area contributed by atoms with Crippen molar-refractivity contribution in [3.8, 4) is 10.6 Å². The van der Waals surface area contributed by atoms with Crippen LogP contribution in [0.3, 0.4) is 0 Å². The van der Waals surface area contributed by atoms with E-state index in [1.54, 1.807) is 11.3 Å². The SMILES string of the molecule is c1cnc2c(c1)CCCC2N(Cc1ccc(-c2nccs2)cc1)Cc1nc2ccccc2[nH]1. The third-order valence-corrected chi connectivity index (χ3v) is 7.24. The van der Waals surface area contributed by atoms with Crippen molar-refractivity contribution in [1.29, 1.82) is 0 Å². The zero-order chi connectivity index (χ0) is 22.0. The van der Waals surface area contributed by atoms with E-state index >= 15 is 0 Å². The summed E-state index contributed by atoms with van der Waals surface area (Å²) in [5.74, 6) is 0.999. The van der Waals surface area contributed by atoms with Crippen molar-refractivity contribution in [3.05, 3.63) is 101 Å². The highest BCUT2D eigenvalue weighted by molar-refractivity contribution is 7.13. The second-order valence-corrected chi connectivity index (χ2v) is 9.49. The Morgan fingerprint density at radius 2 is 1.85 bits per heavy atom. The number of aromatic amines is 1. The van der Waals surface area contributed by atoms with Gasteiger partial charge in [0, 0.05) is 29.9 Å². The van der Waals surface area contributed by atoms with Crippen LogP contribution in [0.4, 0.5) is 0 Å². The number of nitrogens with zero attached hydrogens (tertiary/aromatic N) is 4. The molecule has 5 nitrogen and oxygen atoms in total. The molecule has 1 aliphatic carbocycles.